The topological polar surface area (TPSA) is 46.5 Å². The molecule has 4 aliphatic rings. The van der Waals surface area contributed by atoms with Crippen molar-refractivity contribution >= 4 is 5.78 Å². The summed E-state index contributed by atoms with van der Waals surface area (Å²) in [6.07, 6.45) is 11.2. The van der Waals surface area contributed by atoms with Crippen LogP contribution < -0.4 is 0 Å². The number of ketones is 1. The summed E-state index contributed by atoms with van der Waals surface area (Å²) in [4.78, 5) is 12.5. The molecular weight excluding hydrogens is 288 g/mol. The van der Waals surface area contributed by atoms with Crippen LogP contribution in [0.3, 0.4) is 0 Å². The summed E-state index contributed by atoms with van der Waals surface area (Å²) in [5.74, 6) is 2.85. The van der Waals surface area contributed by atoms with Gasteiger partial charge in [0.25, 0.3) is 0 Å². The van der Waals surface area contributed by atoms with E-state index in [1.54, 1.807) is 7.11 Å². The Balaban J connectivity index is 1.68. The lowest BCUT2D eigenvalue weighted by Gasteiger charge is -2.57. The fourth-order valence-electron chi connectivity index (χ4n) is 6.61. The van der Waals surface area contributed by atoms with E-state index in [9.17, 15) is 9.90 Å². The van der Waals surface area contributed by atoms with Crippen molar-refractivity contribution in [2.75, 3.05) is 7.11 Å². The Bertz CT molecular complexity index is 592. The monoisotopic (exact) mass is 316 g/mol. The van der Waals surface area contributed by atoms with E-state index in [1.165, 1.54) is 6.42 Å². The summed E-state index contributed by atoms with van der Waals surface area (Å²) < 4.78 is 5.62. The summed E-state index contributed by atoms with van der Waals surface area (Å²) in [7, 11) is 1.69. The molecule has 3 fully saturated rings. The van der Waals surface area contributed by atoms with Crippen LogP contribution in [-0.2, 0) is 9.53 Å². The summed E-state index contributed by atoms with van der Waals surface area (Å²) in [6, 6.07) is 0. The minimum absolute atomic E-state index is 0.0204. The lowest BCUT2D eigenvalue weighted by atomic mass is 9.47. The Morgan fingerprint density at radius 1 is 1.22 bits per heavy atom. The Morgan fingerprint density at radius 2 is 2.00 bits per heavy atom. The van der Waals surface area contributed by atoms with E-state index >= 15 is 0 Å². The molecule has 3 nitrogen and oxygen atoms in total. The van der Waals surface area contributed by atoms with Crippen molar-refractivity contribution in [2.45, 2.75) is 52.1 Å². The molecule has 0 unspecified atom stereocenters. The lowest BCUT2D eigenvalue weighted by Crippen LogP contribution is -2.52. The standard InChI is InChI=1S/C20H28O3/c1-19-8-6-13(21)10-12(19)4-5-14-15(19)7-9-20(2)16(14)11-17(22)18(20)23-3/h6,8,10,12,14-16,18,21H,4-5,7,9,11H2,1-3H3/t12-,14-,15+,16+,18+,19+,20+/m1/s1. The van der Waals surface area contributed by atoms with Gasteiger partial charge in [0.05, 0.1) is 0 Å². The minimum Gasteiger partial charge on any atom is -0.508 e. The molecule has 3 saturated carbocycles. The maximum absolute atomic E-state index is 12.5. The van der Waals surface area contributed by atoms with Crippen molar-refractivity contribution < 1.29 is 14.6 Å². The highest BCUT2D eigenvalue weighted by atomic mass is 16.5. The van der Waals surface area contributed by atoms with Crippen LogP contribution >= 0.6 is 0 Å². The molecule has 0 heterocycles. The van der Waals surface area contributed by atoms with Crippen molar-refractivity contribution in [1.29, 1.82) is 0 Å². The van der Waals surface area contributed by atoms with Crippen LogP contribution in [0.1, 0.15) is 46.0 Å². The third kappa shape index (κ3) is 1.95. The summed E-state index contributed by atoms with van der Waals surface area (Å²) in [6.45, 7) is 4.64. The maximum atomic E-state index is 12.5. The number of hydrogen-bond acceptors (Lipinski definition) is 3. The van der Waals surface area contributed by atoms with Gasteiger partial charge in [-0.3, -0.25) is 4.79 Å². The normalized spacial score (nSPS) is 51.7. The number of carbonyl (C=O) groups is 1. The van der Waals surface area contributed by atoms with Crippen LogP contribution in [0.2, 0.25) is 0 Å². The number of Topliss-reactive ketones (excluding diaryl/α,β-unsaturated/α-hetero) is 1. The van der Waals surface area contributed by atoms with Gasteiger partial charge in [-0.2, -0.15) is 0 Å². The van der Waals surface area contributed by atoms with E-state index in [0.717, 1.165) is 19.3 Å². The Hall–Kier alpha value is -1.09. The first kappa shape index (κ1) is 15.4. The van der Waals surface area contributed by atoms with Gasteiger partial charge in [-0.1, -0.05) is 19.9 Å². The van der Waals surface area contributed by atoms with E-state index in [4.69, 9.17) is 4.74 Å². The quantitative estimate of drug-likeness (QED) is 0.794. The molecule has 0 aromatic rings. The summed E-state index contributed by atoms with van der Waals surface area (Å²) in [5, 5.41) is 9.86. The van der Waals surface area contributed by atoms with Crippen LogP contribution in [0, 0.1) is 34.5 Å². The SMILES string of the molecule is CO[C@H]1C(=O)C[C@H]2[C@@H]3CC[C@@H]4C=C(O)C=C[C@]4(C)[C@H]3CC[C@]12C. The zero-order chi connectivity index (χ0) is 16.4. The molecule has 23 heavy (non-hydrogen) atoms. The zero-order valence-corrected chi connectivity index (χ0v) is 14.4. The molecular formula is C20H28O3. The van der Waals surface area contributed by atoms with Gasteiger partial charge in [0, 0.05) is 18.9 Å². The van der Waals surface area contributed by atoms with E-state index in [-0.39, 0.29) is 16.9 Å². The van der Waals surface area contributed by atoms with Crippen molar-refractivity contribution in [1.82, 2.24) is 0 Å². The van der Waals surface area contributed by atoms with Crippen LogP contribution in [0.5, 0.6) is 0 Å². The highest BCUT2D eigenvalue weighted by Crippen LogP contribution is 2.64. The van der Waals surface area contributed by atoms with Crippen molar-refractivity contribution in [3.05, 3.63) is 24.0 Å². The number of fused-ring (bicyclic) bond motifs is 5. The summed E-state index contributed by atoms with van der Waals surface area (Å²) in [5.41, 5.74) is 0.150. The van der Waals surface area contributed by atoms with E-state index in [1.807, 2.05) is 6.08 Å². The number of allylic oxidation sites excluding steroid dienone is 3. The highest BCUT2D eigenvalue weighted by Gasteiger charge is 2.61. The lowest BCUT2D eigenvalue weighted by molar-refractivity contribution is -0.132. The van der Waals surface area contributed by atoms with E-state index in [0.29, 0.717) is 41.6 Å². The van der Waals surface area contributed by atoms with Gasteiger partial charge < -0.3 is 9.84 Å². The predicted molar refractivity (Wildman–Crippen MR) is 88.9 cm³/mol. The molecule has 0 aromatic carbocycles. The molecule has 126 valence electrons. The largest absolute Gasteiger partial charge is 0.508 e. The molecule has 7 atom stereocenters. The average molecular weight is 316 g/mol. The smallest absolute Gasteiger partial charge is 0.162 e. The second-order valence-electron chi connectivity index (χ2n) is 8.68. The molecule has 0 amide bonds. The first-order valence-electron chi connectivity index (χ1n) is 9.05. The van der Waals surface area contributed by atoms with Gasteiger partial charge in [-0.05, 0) is 66.9 Å². The maximum Gasteiger partial charge on any atom is 0.162 e. The van der Waals surface area contributed by atoms with Gasteiger partial charge in [0.2, 0.25) is 0 Å². The Labute approximate surface area is 138 Å². The number of ether oxygens (including phenoxy) is 1. The molecule has 4 rings (SSSR count). The molecule has 0 radical (unpaired) electrons. The fraction of sp³-hybridized carbons (Fsp3) is 0.750. The number of rotatable bonds is 1. The van der Waals surface area contributed by atoms with Crippen LogP contribution in [-0.4, -0.2) is 24.1 Å². The first-order valence-corrected chi connectivity index (χ1v) is 9.05. The molecule has 0 bridgehead atoms. The predicted octanol–water partition coefficient (Wildman–Crippen LogP) is 4.05. The third-order valence-corrected chi connectivity index (χ3v) is 7.82. The number of aliphatic hydroxyl groups excluding tert-OH is 1. The van der Waals surface area contributed by atoms with E-state index in [2.05, 4.69) is 26.0 Å². The van der Waals surface area contributed by atoms with Gasteiger partial charge in [0.1, 0.15) is 11.9 Å². The number of methoxy groups -OCH3 is 1. The fourth-order valence-corrected chi connectivity index (χ4v) is 6.61. The first-order chi connectivity index (χ1) is 10.9. The van der Waals surface area contributed by atoms with Gasteiger partial charge in [-0.25, -0.2) is 0 Å². The molecule has 0 aliphatic heterocycles. The van der Waals surface area contributed by atoms with Gasteiger partial charge >= 0.3 is 0 Å². The number of aliphatic hydroxyl groups is 1. The molecule has 0 aromatic heterocycles. The van der Waals surface area contributed by atoms with Crippen molar-refractivity contribution in [3.63, 3.8) is 0 Å². The third-order valence-electron chi connectivity index (χ3n) is 7.82. The Morgan fingerprint density at radius 3 is 2.74 bits per heavy atom. The molecule has 0 saturated heterocycles. The summed E-state index contributed by atoms with van der Waals surface area (Å²) >= 11 is 0. The van der Waals surface area contributed by atoms with Gasteiger partial charge in [-0.15, -0.1) is 0 Å². The molecule has 0 spiro atoms. The zero-order valence-electron chi connectivity index (χ0n) is 14.4. The molecule has 3 heteroatoms. The van der Waals surface area contributed by atoms with Crippen LogP contribution in [0.15, 0.2) is 24.0 Å². The Kier molecular flexibility index (Phi) is 3.32. The molecule has 1 N–H and O–H groups in total. The average Bonchev–Trinajstić information content (AvgIpc) is 2.77. The molecule has 4 aliphatic carbocycles. The number of hydrogen-bond donors (Lipinski definition) is 1. The van der Waals surface area contributed by atoms with Crippen molar-refractivity contribution in [2.24, 2.45) is 34.5 Å². The van der Waals surface area contributed by atoms with E-state index < -0.39 is 0 Å². The van der Waals surface area contributed by atoms with Crippen molar-refractivity contribution in [3.8, 4) is 0 Å². The number of carbonyl (C=O) groups excluding carboxylic acids is 1. The van der Waals surface area contributed by atoms with Crippen LogP contribution in [0.4, 0.5) is 0 Å². The second-order valence-corrected chi connectivity index (χ2v) is 8.68. The van der Waals surface area contributed by atoms with Gasteiger partial charge in [0.15, 0.2) is 5.78 Å². The highest BCUT2D eigenvalue weighted by molar-refractivity contribution is 5.87. The minimum atomic E-state index is -0.204. The van der Waals surface area contributed by atoms with Crippen LogP contribution in [0.25, 0.3) is 0 Å². The second kappa shape index (κ2) is 4.95.